The lowest BCUT2D eigenvalue weighted by Crippen LogP contribution is -2.45. The average Bonchev–Trinajstić information content (AvgIpc) is 2.98. The highest BCUT2D eigenvalue weighted by Crippen LogP contribution is 2.19. The number of carbonyl (C=O) groups excluding carboxylic acids is 1. The molecule has 5 nitrogen and oxygen atoms in total. The molecule has 0 radical (unpaired) electrons. The molecule has 0 unspecified atom stereocenters. The highest BCUT2D eigenvalue weighted by atomic mass is 16.5. The molecule has 0 saturated carbocycles. The summed E-state index contributed by atoms with van der Waals surface area (Å²) < 4.78 is 10.4. The highest BCUT2D eigenvalue weighted by molar-refractivity contribution is 5.87. The number of aryl methyl sites for hydroxylation is 2. The normalized spacial score (nSPS) is 16.1. The number of hydrogen-bond acceptors (Lipinski definition) is 5. The Bertz CT molecular complexity index is 730. The molecule has 134 valence electrons. The van der Waals surface area contributed by atoms with Crippen molar-refractivity contribution >= 4 is 5.97 Å². The van der Waals surface area contributed by atoms with Gasteiger partial charge in [0.2, 0.25) is 5.76 Å². The molecule has 0 bridgehead atoms. The molecule has 0 aliphatic carbocycles. The van der Waals surface area contributed by atoms with Gasteiger partial charge in [0, 0.05) is 38.3 Å². The molecule has 1 aliphatic heterocycles. The smallest absolute Gasteiger partial charge is 0.374 e. The van der Waals surface area contributed by atoms with Gasteiger partial charge in [-0.25, -0.2) is 4.79 Å². The number of rotatable bonds is 5. The zero-order valence-electron chi connectivity index (χ0n) is 15.2. The first-order chi connectivity index (χ1) is 12.1. The third kappa shape index (κ3) is 4.30. The standard InChI is InChI=1S/C20H26N2O3/c1-15-6-4-5-7-17(15)13-21-8-10-22(11-9-21)14-18-12-16(2)19(25-18)20(23)24-3/h4-7,12H,8-11,13-14H2,1-3H3. The molecule has 2 heterocycles. The Morgan fingerprint density at radius 2 is 1.68 bits per heavy atom. The summed E-state index contributed by atoms with van der Waals surface area (Å²) in [5.41, 5.74) is 3.59. The van der Waals surface area contributed by atoms with Gasteiger partial charge in [-0.2, -0.15) is 0 Å². The van der Waals surface area contributed by atoms with E-state index in [0.717, 1.165) is 50.6 Å². The second-order valence-electron chi connectivity index (χ2n) is 6.70. The average molecular weight is 342 g/mol. The molecule has 0 spiro atoms. The van der Waals surface area contributed by atoms with Crippen molar-refractivity contribution in [3.05, 3.63) is 58.5 Å². The molecule has 1 fully saturated rings. The third-order valence-corrected chi connectivity index (χ3v) is 4.84. The number of piperazine rings is 1. The van der Waals surface area contributed by atoms with Crippen molar-refractivity contribution in [2.75, 3.05) is 33.3 Å². The minimum atomic E-state index is -0.410. The Labute approximate surface area is 149 Å². The number of ether oxygens (including phenoxy) is 1. The molecule has 1 saturated heterocycles. The van der Waals surface area contributed by atoms with Crippen molar-refractivity contribution in [1.82, 2.24) is 9.80 Å². The van der Waals surface area contributed by atoms with E-state index in [2.05, 4.69) is 41.0 Å². The van der Waals surface area contributed by atoms with E-state index in [1.54, 1.807) is 0 Å². The number of furan rings is 1. The lowest BCUT2D eigenvalue weighted by atomic mass is 10.1. The van der Waals surface area contributed by atoms with Gasteiger partial charge >= 0.3 is 5.97 Å². The van der Waals surface area contributed by atoms with Gasteiger partial charge in [0.05, 0.1) is 13.7 Å². The van der Waals surface area contributed by atoms with E-state index in [4.69, 9.17) is 9.15 Å². The maximum absolute atomic E-state index is 11.6. The van der Waals surface area contributed by atoms with Gasteiger partial charge in [0.25, 0.3) is 0 Å². The summed E-state index contributed by atoms with van der Waals surface area (Å²) in [5, 5.41) is 0. The van der Waals surface area contributed by atoms with Crippen LogP contribution in [0.15, 0.2) is 34.7 Å². The summed E-state index contributed by atoms with van der Waals surface area (Å²) in [7, 11) is 1.37. The maximum atomic E-state index is 11.6. The zero-order valence-corrected chi connectivity index (χ0v) is 15.2. The first-order valence-corrected chi connectivity index (χ1v) is 8.73. The lowest BCUT2D eigenvalue weighted by molar-refractivity contribution is 0.0557. The minimum Gasteiger partial charge on any atom is -0.463 e. The van der Waals surface area contributed by atoms with E-state index in [-0.39, 0.29) is 0 Å². The van der Waals surface area contributed by atoms with E-state index in [0.29, 0.717) is 5.76 Å². The highest BCUT2D eigenvalue weighted by Gasteiger charge is 2.21. The summed E-state index contributed by atoms with van der Waals surface area (Å²) >= 11 is 0. The number of benzene rings is 1. The van der Waals surface area contributed by atoms with Crippen LogP contribution in [0.3, 0.4) is 0 Å². The van der Waals surface area contributed by atoms with Crippen molar-refractivity contribution in [3.63, 3.8) is 0 Å². The van der Waals surface area contributed by atoms with Crippen LogP contribution in [0.1, 0.15) is 33.0 Å². The topological polar surface area (TPSA) is 45.9 Å². The van der Waals surface area contributed by atoms with Crippen molar-refractivity contribution in [1.29, 1.82) is 0 Å². The van der Waals surface area contributed by atoms with Gasteiger partial charge in [-0.1, -0.05) is 24.3 Å². The SMILES string of the molecule is COC(=O)c1oc(CN2CCN(Cc3ccccc3C)CC2)cc1C. The van der Waals surface area contributed by atoms with Crippen LogP contribution in [0.2, 0.25) is 0 Å². The largest absolute Gasteiger partial charge is 0.463 e. The van der Waals surface area contributed by atoms with Gasteiger partial charge in [0.1, 0.15) is 5.76 Å². The number of methoxy groups -OCH3 is 1. The summed E-state index contributed by atoms with van der Waals surface area (Å²) in [6.07, 6.45) is 0. The fourth-order valence-electron chi connectivity index (χ4n) is 3.28. The Morgan fingerprint density at radius 3 is 2.32 bits per heavy atom. The van der Waals surface area contributed by atoms with Crippen LogP contribution in [0.5, 0.6) is 0 Å². The zero-order chi connectivity index (χ0) is 17.8. The van der Waals surface area contributed by atoms with Crippen LogP contribution < -0.4 is 0 Å². The van der Waals surface area contributed by atoms with Gasteiger partial charge in [-0.05, 0) is 31.0 Å². The monoisotopic (exact) mass is 342 g/mol. The van der Waals surface area contributed by atoms with E-state index in [1.165, 1.54) is 18.2 Å². The molecular formula is C20H26N2O3. The lowest BCUT2D eigenvalue weighted by Gasteiger charge is -2.34. The molecule has 0 amide bonds. The molecule has 1 aromatic heterocycles. The Kier molecular flexibility index (Phi) is 5.56. The number of hydrogen-bond donors (Lipinski definition) is 0. The fraction of sp³-hybridized carbons (Fsp3) is 0.450. The van der Waals surface area contributed by atoms with E-state index < -0.39 is 5.97 Å². The van der Waals surface area contributed by atoms with Crippen LogP contribution in [0.25, 0.3) is 0 Å². The first-order valence-electron chi connectivity index (χ1n) is 8.73. The quantitative estimate of drug-likeness (QED) is 0.782. The molecule has 5 heteroatoms. The second kappa shape index (κ2) is 7.85. The van der Waals surface area contributed by atoms with Crippen LogP contribution in [0.4, 0.5) is 0 Å². The van der Waals surface area contributed by atoms with Crippen molar-refractivity contribution in [2.24, 2.45) is 0 Å². The van der Waals surface area contributed by atoms with Crippen LogP contribution in [-0.2, 0) is 17.8 Å². The molecule has 0 atom stereocenters. The van der Waals surface area contributed by atoms with E-state index in [1.807, 2.05) is 13.0 Å². The van der Waals surface area contributed by atoms with Gasteiger partial charge in [0.15, 0.2) is 0 Å². The first kappa shape index (κ1) is 17.7. The molecule has 1 aromatic carbocycles. The van der Waals surface area contributed by atoms with Crippen LogP contribution >= 0.6 is 0 Å². The number of carbonyl (C=O) groups is 1. The molecular weight excluding hydrogens is 316 g/mol. The van der Waals surface area contributed by atoms with E-state index >= 15 is 0 Å². The number of nitrogens with zero attached hydrogens (tertiary/aromatic N) is 2. The molecule has 1 aliphatic rings. The predicted molar refractivity (Wildman–Crippen MR) is 96.5 cm³/mol. The Hall–Kier alpha value is -2.11. The minimum absolute atomic E-state index is 0.315. The fourth-order valence-corrected chi connectivity index (χ4v) is 3.28. The summed E-state index contributed by atoms with van der Waals surface area (Å²) in [6.45, 7) is 9.86. The summed E-state index contributed by atoms with van der Waals surface area (Å²) in [6, 6.07) is 10.5. The third-order valence-electron chi connectivity index (χ3n) is 4.84. The maximum Gasteiger partial charge on any atom is 0.374 e. The molecule has 3 rings (SSSR count). The van der Waals surface area contributed by atoms with Crippen LogP contribution in [-0.4, -0.2) is 49.1 Å². The van der Waals surface area contributed by atoms with Gasteiger partial charge in [-0.15, -0.1) is 0 Å². The van der Waals surface area contributed by atoms with Crippen molar-refractivity contribution in [3.8, 4) is 0 Å². The summed E-state index contributed by atoms with van der Waals surface area (Å²) in [5.74, 6) is 0.729. The molecule has 25 heavy (non-hydrogen) atoms. The van der Waals surface area contributed by atoms with Crippen LogP contribution in [0, 0.1) is 13.8 Å². The number of esters is 1. The molecule has 0 N–H and O–H groups in total. The van der Waals surface area contributed by atoms with Gasteiger partial charge < -0.3 is 9.15 Å². The molecule has 2 aromatic rings. The summed E-state index contributed by atoms with van der Waals surface area (Å²) in [4.78, 5) is 16.5. The Morgan fingerprint density at radius 1 is 1.04 bits per heavy atom. The Balaban J connectivity index is 1.53. The predicted octanol–water partition coefficient (Wildman–Crippen LogP) is 3.00. The second-order valence-corrected chi connectivity index (χ2v) is 6.70. The van der Waals surface area contributed by atoms with Gasteiger partial charge in [-0.3, -0.25) is 9.80 Å². The van der Waals surface area contributed by atoms with Crippen molar-refractivity contribution in [2.45, 2.75) is 26.9 Å². The van der Waals surface area contributed by atoms with Crippen molar-refractivity contribution < 1.29 is 13.9 Å². The van der Waals surface area contributed by atoms with E-state index in [9.17, 15) is 4.79 Å².